The summed E-state index contributed by atoms with van der Waals surface area (Å²) >= 11 is 29.4. The summed E-state index contributed by atoms with van der Waals surface area (Å²) in [6.07, 6.45) is 1.63. The number of hydrogen-bond donors (Lipinski definition) is 1. The topological polar surface area (TPSA) is 29.1 Å². The third-order valence-electron chi connectivity index (χ3n) is 4.32. The molecule has 0 aliphatic heterocycles. The van der Waals surface area contributed by atoms with Crippen molar-refractivity contribution < 1.29 is 9.18 Å². The number of nitrogens with one attached hydrogen (secondary N) is 1. The molecular formula is C16H15Cl5FNO. The highest BCUT2D eigenvalue weighted by Crippen LogP contribution is 2.60. The van der Waals surface area contributed by atoms with E-state index in [-0.39, 0.29) is 27.6 Å². The standard InChI is InChI=1S/C16H15Cl5FNO/c1-15(2)10(7-11(17)18)12(15)14(24)23-13(16(19,20)21)8-3-5-9(22)6-4-8/h3-7,10,12-13H,1-2H3,(H,23,24)/t10-,12+,13+/m1/s1. The number of alkyl halides is 3. The molecule has 1 aromatic carbocycles. The van der Waals surface area contributed by atoms with Crippen LogP contribution in [-0.4, -0.2) is 9.70 Å². The van der Waals surface area contributed by atoms with Gasteiger partial charge in [-0.15, -0.1) is 0 Å². The van der Waals surface area contributed by atoms with E-state index < -0.39 is 15.7 Å². The number of hydrogen-bond acceptors (Lipinski definition) is 1. The van der Waals surface area contributed by atoms with E-state index in [2.05, 4.69) is 5.32 Å². The summed E-state index contributed by atoms with van der Waals surface area (Å²) < 4.78 is 11.4. The van der Waals surface area contributed by atoms with E-state index in [1.165, 1.54) is 24.3 Å². The molecular weight excluding hydrogens is 418 g/mol. The number of allylic oxidation sites excluding steroid dienone is 1. The Hall–Kier alpha value is -0.190. The van der Waals surface area contributed by atoms with Crippen LogP contribution >= 0.6 is 58.0 Å². The number of halogens is 6. The molecule has 0 bridgehead atoms. The molecule has 3 atom stereocenters. The molecule has 0 aromatic heterocycles. The number of amides is 1. The van der Waals surface area contributed by atoms with Gasteiger partial charge in [-0.3, -0.25) is 4.79 Å². The van der Waals surface area contributed by atoms with Crippen LogP contribution in [0.3, 0.4) is 0 Å². The average Bonchev–Trinajstić information content (AvgIpc) is 2.96. The summed E-state index contributed by atoms with van der Waals surface area (Å²) in [4.78, 5) is 12.6. The number of carbonyl (C=O) groups excluding carboxylic acids is 1. The van der Waals surface area contributed by atoms with E-state index in [4.69, 9.17) is 58.0 Å². The van der Waals surface area contributed by atoms with Crippen LogP contribution in [-0.2, 0) is 4.79 Å². The molecule has 1 aromatic rings. The van der Waals surface area contributed by atoms with E-state index in [9.17, 15) is 9.18 Å². The lowest BCUT2D eigenvalue weighted by Gasteiger charge is -2.26. The van der Waals surface area contributed by atoms with Crippen molar-refractivity contribution in [2.45, 2.75) is 23.7 Å². The van der Waals surface area contributed by atoms with Crippen LogP contribution in [0.15, 0.2) is 34.8 Å². The SMILES string of the molecule is CC1(C)[C@H](C=C(Cl)Cl)[C@H]1C(=O)N[C@@H](c1ccc(F)cc1)C(Cl)(Cl)Cl. The molecule has 0 radical (unpaired) electrons. The molecule has 0 unspecified atom stereocenters. The van der Waals surface area contributed by atoms with E-state index in [1.54, 1.807) is 6.08 Å². The Morgan fingerprint density at radius 3 is 2.25 bits per heavy atom. The third kappa shape index (κ3) is 4.50. The predicted octanol–water partition coefficient (Wildman–Crippen LogP) is 5.94. The number of rotatable bonds is 4. The van der Waals surface area contributed by atoms with Gasteiger partial charge < -0.3 is 5.32 Å². The normalized spacial score (nSPS) is 23.3. The molecule has 132 valence electrons. The van der Waals surface area contributed by atoms with Gasteiger partial charge in [0.25, 0.3) is 0 Å². The lowest BCUT2D eigenvalue weighted by Crippen LogP contribution is -2.38. The molecule has 8 heteroatoms. The summed E-state index contributed by atoms with van der Waals surface area (Å²) in [6, 6.07) is 4.50. The molecule has 0 spiro atoms. The minimum absolute atomic E-state index is 0.105. The lowest BCUT2D eigenvalue weighted by atomic mass is 10.1. The van der Waals surface area contributed by atoms with Gasteiger partial charge >= 0.3 is 0 Å². The number of carbonyl (C=O) groups is 1. The van der Waals surface area contributed by atoms with Crippen LogP contribution < -0.4 is 5.32 Å². The van der Waals surface area contributed by atoms with Crippen LogP contribution in [0.25, 0.3) is 0 Å². The van der Waals surface area contributed by atoms with Gasteiger partial charge in [0.1, 0.15) is 16.4 Å². The second-order valence-electron chi connectivity index (χ2n) is 6.32. The molecule has 1 aliphatic rings. The first-order valence-corrected chi connectivity index (χ1v) is 8.99. The average molecular weight is 434 g/mol. The molecule has 1 aliphatic carbocycles. The first-order chi connectivity index (χ1) is 10.9. The predicted molar refractivity (Wildman–Crippen MR) is 98.1 cm³/mol. The van der Waals surface area contributed by atoms with Gasteiger partial charge in [-0.25, -0.2) is 4.39 Å². The van der Waals surface area contributed by atoms with Gasteiger partial charge in [-0.05, 0) is 35.1 Å². The second-order valence-corrected chi connectivity index (χ2v) is 9.69. The van der Waals surface area contributed by atoms with E-state index in [1.807, 2.05) is 13.8 Å². The highest BCUT2D eigenvalue weighted by atomic mass is 35.6. The van der Waals surface area contributed by atoms with Crippen LogP contribution in [0, 0.1) is 23.1 Å². The van der Waals surface area contributed by atoms with Gasteiger partial charge in [-0.2, -0.15) is 0 Å². The Kier molecular flexibility index (Phi) is 6.04. The van der Waals surface area contributed by atoms with Gasteiger partial charge in [-0.1, -0.05) is 84.0 Å². The second kappa shape index (κ2) is 7.20. The van der Waals surface area contributed by atoms with Gasteiger partial charge in [0.05, 0.1) is 5.92 Å². The maximum absolute atomic E-state index is 13.1. The van der Waals surface area contributed by atoms with Crippen molar-refractivity contribution in [1.82, 2.24) is 5.32 Å². The van der Waals surface area contributed by atoms with Crippen molar-refractivity contribution in [1.29, 1.82) is 0 Å². The summed E-state index contributed by atoms with van der Waals surface area (Å²) in [5, 5.41) is 2.74. The fraction of sp³-hybridized carbons (Fsp3) is 0.438. The highest BCUT2D eigenvalue weighted by molar-refractivity contribution is 6.68. The lowest BCUT2D eigenvalue weighted by molar-refractivity contribution is -0.123. The molecule has 2 rings (SSSR count). The van der Waals surface area contributed by atoms with Crippen molar-refractivity contribution in [2.24, 2.45) is 17.3 Å². The zero-order valence-corrected chi connectivity index (χ0v) is 16.6. The third-order valence-corrected chi connectivity index (χ3v) is 5.22. The molecule has 1 fully saturated rings. The Labute approximate surface area is 165 Å². The fourth-order valence-electron chi connectivity index (χ4n) is 2.87. The summed E-state index contributed by atoms with van der Waals surface area (Å²) in [6.45, 7) is 3.86. The molecule has 24 heavy (non-hydrogen) atoms. The molecule has 1 amide bonds. The molecule has 2 nitrogen and oxygen atoms in total. The maximum Gasteiger partial charge on any atom is 0.224 e. The van der Waals surface area contributed by atoms with Crippen LogP contribution in [0.4, 0.5) is 4.39 Å². The van der Waals surface area contributed by atoms with Crippen molar-refractivity contribution in [3.8, 4) is 0 Å². The zero-order chi connectivity index (χ0) is 18.3. The van der Waals surface area contributed by atoms with Crippen molar-refractivity contribution in [3.05, 3.63) is 46.2 Å². The zero-order valence-electron chi connectivity index (χ0n) is 12.8. The molecule has 1 N–H and O–H groups in total. The Balaban J connectivity index is 2.21. The summed E-state index contributed by atoms with van der Waals surface area (Å²) in [5.74, 6) is -1.15. The molecule has 0 heterocycles. The smallest absolute Gasteiger partial charge is 0.224 e. The van der Waals surface area contributed by atoms with Gasteiger partial charge in [0, 0.05) is 0 Å². The van der Waals surface area contributed by atoms with E-state index >= 15 is 0 Å². The van der Waals surface area contributed by atoms with Crippen molar-refractivity contribution in [2.75, 3.05) is 0 Å². The largest absolute Gasteiger partial charge is 0.345 e. The molecule has 0 saturated heterocycles. The van der Waals surface area contributed by atoms with Crippen molar-refractivity contribution >= 4 is 63.9 Å². The minimum Gasteiger partial charge on any atom is -0.345 e. The van der Waals surface area contributed by atoms with E-state index in [0.29, 0.717) is 5.56 Å². The highest BCUT2D eigenvalue weighted by Gasteiger charge is 2.61. The van der Waals surface area contributed by atoms with Crippen molar-refractivity contribution in [3.63, 3.8) is 0 Å². The minimum atomic E-state index is -1.79. The molecule has 1 saturated carbocycles. The van der Waals surface area contributed by atoms with Gasteiger partial charge in [0.15, 0.2) is 0 Å². The van der Waals surface area contributed by atoms with Gasteiger partial charge in [0.2, 0.25) is 9.70 Å². The van der Waals surface area contributed by atoms with E-state index in [0.717, 1.165) is 0 Å². The van der Waals surface area contributed by atoms with Crippen LogP contribution in [0.5, 0.6) is 0 Å². The first-order valence-electron chi connectivity index (χ1n) is 7.10. The maximum atomic E-state index is 13.1. The summed E-state index contributed by atoms with van der Waals surface area (Å²) in [7, 11) is 0. The Bertz CT molecular complexity index is 649. The Morgan fingerprint density at radius 1 is 1.25 bits per heavy atom. The van der Waals surface area contributed by atoms with Crippen LogP contribution in [0.1, 0.15) is 25.5 Å². The fourth-order valence-corrected chi connectivity index (χ4v) is 3.68. The van der Waals surface area contributed by atoms with Crippen LogP contribution in [0.2, 0.25) is 0 Å². The Morgan fingerprint density at radius 2 is 1.79 bits per heavy atom. The first kappa shape index (κ1) is 20.1. The quantitative estimate of drug-likeness (QED) is 0.585. The number of benzene rings is 1. The monoisotopic (exact) mass is 431 g/mol. The summed E-state index contributed by atoms with van der Waals surface area (Å²) in [5.41, 5.74) is 0.186.